The van der Waals surface area contributed by atoms with Crippen LogP contribution in [0.15, 0.2) is 33.9 Å². The van der Waals surface area contributed by atoms with Gasteiger partial charge in [0.2, 0.25) is 10.0 Å². The second kappa shape index (κ2) is 7.66. The predicted octanol–water partition coefficient (Wildman–Crippen LogP) is 3.28. The van der Waals surface area contributed by atoms with E-state index in [1.54, 1.807) is 11.4 Å². The minimum Gasteiger partial charge on any atom is -0.298 e. The Labute approximate surface area is 163 Å². The highest BCUT2D eigenvalue weighted by molar-refractivity contribution is 7.91. The first-order valence-corrected chi connectivity index (χ1v) is 11.2. The van der Waals surface area contributed by atoms with Gasteiger partial charge in [-0.15, -0.1) is 11.3 Å². The van der Waals surface area contributed by atoms with Gasteiger partial charge in [0, 0.05) is 18.9 Å². The molecule has 1 aliphatic rings. The van der Waals surface area contributed by atoms with Crippen molar-refractivity contribution in [3.05, 3.63) is 51.9 Å². The molecular weight excluding hydrogens is 382 g/mol. The maximum atomic E-state index is 12.9. The Bertz CT molecular complexity index is 954. The van der Waals surface area contributed by atoms with Crippen LogP contribution in [0.5, 0.6) is 0 Å². The normalized spacial score (nSPS) is 20.4. The summed E-state index contributed by atoms with van der Waals surface area (Å²) in [4.78, 5) is 25.5. The highest BCUT2D eigenvalue weighted by Crippen LogP contribution is 2.37. The van der Waals surface area contributed by atoms with Crippen molar-refractivity contribution in [3.8, 4) is 0 Å². The van der Waals surface area contributed by atoms with Gasteiger partial charge in [-0.25, -0.2) is 13.1 Å². The molecule has 3 rings (SSSR count). The summed E-state index contributed by atoms with van der Waals surface area (Å²) in [7, 11) is -3.55. The molecule has 0 radical (unpaired) electrons. The standard InChI is InChI=1S/C20H23NO4S2/c1-12-9-13(2)18(14(3)10-12)19-16(22)11-15(20(19)23)6-7-21-27(24,25)17-5-4-8-26-17/h4-5,8-10,15,19,21H,6-7,11H2,1-3H3. The zero-order valence-electron chi connectivity index (χ0n) is 15.6. The minimum atomic E-state index is -3.55. The average Bonchev–Trinajstić information content (AvgIpc) is 3.19. The molecule has 2 atom stereocenters. The number of sulfonamides is 1. The van der Waals surface area contributed by atoms with Crippen molar-refractivity contribution in [2.75, 3.05) is 6.54 Å². The lowest BCUT2D eigenvalue weighted by molar-refractivity contribution is -0.124. The molecule has 0 spiro atoms. The van der Waals surface area contributed by atoms with E-state index in [1.165, 1.54) is 6.07 Å². The van der Waals surface area contributed by atoms with E-state index in [4.69, 9.17) is 0 Å². The summed E-state index contributed by atoms with van der Waals surface area (Å²) in [5.41, 5.74) is 3.83. The quantitative estimate of drug-likeness (QED) is 0.748. The summed E-state index contributed by atoms with van der Waals surface area (Å²) >= 11 is 1.14. The molecule has 0 amide bonds. The fraction of sp³-hybridized carbons (Fsp3) is 0.400. The number of aryl methyl sites for hydroxylation is 3. The number of thiophene rings is 1. The van der Waals surface area contributed by atoms with Crippen LogP contribution >= 0.6 is 11.3 Å². The van der Waals surface area contributed by atoms with E-state index >= 15 is 0 Å². The maximum absolute atomic E-state index is 12.9. The van der Waals surface area contributed by atoms with Crippen LogP contribution in [0, 0.1) is 26.7 Å². The third kappa shape index (κ3) is 4.05. The average molecular weight is 406 g/mol. The molecule has 5 nitrogen and oxygen atoms in total. The van der Waals surface area contributed by atoms with Gasteiger partial charge < -0.3 is 0 Å². The van der Waals surface area contributed by atoms with E-state index in [9.17, 15) is 18.0 Å². The Morgan fingerprint density at radius 2 is 1.81 bits per heavy atom. The Morgan fingerprint density at radius 1 is 1.15 bits per heavy atom. The summed E-state index contributed by atoms with van der Waals surface area (Å²) in [6, 6.07) is 7.20. The van der Waals surface area contributed by atoms with Crippen LogP contribution in [0.4, 0.5) is 0 Å². The number of Topliss-reactive ketones (excluding diaryl/α,β-unsaturated/α-hetero) is 2. The van der Waals surface area contributed by atoms with Gasteiger partial charge in [0.05, 0.1) is 0 Å². The highest BCUT2D eigenvalue weighted by atomic mass is 32.2. The van der Waals surface area contributed by atoms with Crippen molar-refractivity contribution in [2.24, 2.45) is 5.92 Å². The topological polar surface area (TPSA) is 80.3 Å². The van der Waals surface area contributed by atoms with Crippen molar-refractivity contribution in [3.63, 3.8) is 0 Å². The summed E-state index contributed by atoms with van der Waals surface area (Å²) in [6.07, 6.45) is 0.507. The summed E-state index contributed by atoms with van der Waals surface area (Å²) in [5, 5.41) is 1.70. The summed E-state index contributed by atoms with van der Waals surface area (Å²) in [6.45, 7) is 5.99. The first-order valence-electron chi connectivity index (χ1n) is 8.88. The van der Waals surface area contributed by atoms with Crippen LogP contribution in [0.2, 0.25) is 0 Å². The molecule has 0 saturated heterocycles. The van der Waals surface area contributed by atoms with Gasteiger partial charge in [-0.2, -0.15) is 0 Å². The molecule has 2 aromatic rings. The molecule has 1 heterocycles. The summed E-state index contributed by atoms with van der Waals surface area (Å²) < 4.78 is 27.1. The van der Waals surface area contributed by atoms with Crippen LogP contribution in [0.1, 0.15) is 41.0 Å². The molecule has 1 N–H and O–H groups in total. The number of ketones is 2. The monoisotopic (exact) mass is 405 g/mol. The molecule has 1 fully saturated rings. The number of benzene rings is 1. The van der Waals surface area contributed by atoms with Crippen molar-refractivity contribution < 1.29 is 18.0 Å². The molecule has 1 saturated carbocycles. The van der Waals surface area contributed by atoms with Crippen LogP contribution in [-0.2, 0) is 19.6 Å². The van der Waals surface area contributed by atoms with E-state index in [1.807, 2.05) is 32.9 Å². The third-order valence-corrected chi connectivity index (χ3v) is 7.89. The Morgan fingerprint density at radius 3 is 2.41 bits per heavy atom. The number of carbonyl (C=O) groups excluding carboxylic acids is 2. The molecule has 0 bridgehead atoms. The van der Waals surface area contributed by atoms with Crippen LogP contribution in [0.3, 0.4) is 0 Å². The molecule has 1 aliphatic carbocycles. The first-order chi connectivity index (χ1) is 12.7. The fourth-order valence-corrected chi connectivity index (χ4v) is 5.99. The lowest BCUT2D eigenvalue weighted by Gasteiger charge is -2.16. The molecule has 1 aromatic carbocycles. The Hall–Kier alpha value is -1.83. The van der Waals surface area contributed by atoms with Crippen molar-refractivity contribution in [1.82, 2.24) is 4.72 Å². The molecule has 2 unspecified atom stereocenters. The fourth-order valence-electron chi connectivity index (χ4n) is 3.90. The van der Waals surface area contributed by atoms with E-state index in [0.717, 1.165) is 33.6 Å². The van der Waals surface area contributed by atoms with Crippen molar-refractivity contribution in [1.29, 1.82) is 0 Å². The van der Waals surface area contributed by atoms with Gasteiger partial charge >= 0.3 is 0 Å². The van der Waals surface area contributed by atoms with Gasteiger partial charge in [0.15, 0.2) is 5.78 Å². The zero-order chi connectivity index (χ0) is 19.8. The molecule has 27 heavy (non-hydrogen) atoms. The van der Waals surface area contributed by atoms with Gasteiger partial charge in [-0.3, -0.25) is 9.59 Å². The molecule has 0 aliphatic heterocycles. The molecule has 144 valence electrons. The molecule has 7 heteroatoms. The van der Waals surface area contributed by atoms with Gasteiger partial charge in [0.1, 0.15) is 15.9 Å². The van der Waals surface area contributed by atoms with Crippen LogP contribution < -0.4 is 4.72 Å². The summed E-state index contributed by atoms with van der Waals surface area (Å²) in [5.74, 6) is -1.32. The van der Waals surface area contributed by atoms with E-state index in [0.29, 0.717) is 6.42 Å². The SMILES string of the molecule is Cc1cc(C)c(C2C(=O)CC(CCNS(=O)(=O)c3cccs3)C2=O)c(C)c1. The van der Waals surface area contributed by atoms with Crippen LogP contribution in [0.25, 0.3) is 0 Å². The van der Waals surface area contributed by atoms with Gasteiger partial charge in [-0.1, -0.05) is 23.8 Å². The maximum Gasteiger partial charge on any atom is 0.250 e. The number of carbonyl (C=O) groups is 2. The molecule has 1 aromatic heterocycles. The largest absolute Gasteiger partial charge is 0.298 e. The second-order valence-electron chi connectivity index (χ2n) is 7.13. The van der Waals surface area contributed by atoms with Gasteiger partial charge in [0.25, 0.3) is 0 Å². The van der Waals surface area contributed by atoms with E-state index in [-0.39, 0.29) is 28.7 Å². The van der Waals surface area contributed by atoms with Crippen molar-refractivity contribution in [2.45, 2.75) is 43.7 Å². The lowest BCUT2D eigenvalue weighted by atomic mass is 9.86. The van der Waals surface area contributed by atoms with Crippen LogP contribution in [-0.4, -0.2) is 26.5 Å². The highest BCUT2D eigenvalue weighted by Gasteiger charge is 2.42. The van der Waals surface area contributed by atoms with Crippen molar-refractivity contribution >= 4 is 32.9 Å². The number of rotatable bonds is 6. The first kappa shape index (κ1) is 19.9. The third-order valence-electron chi connectivity index (χ3n) is 5.03. The Kier molecular flexibility index (Phi) is 5.65. The predicted molar refractivity (Wildman–Crippen MR) is 106 cm³/mol. The number of nitrogens with one attached hydrogen (secondary N) is 1. The van der Waals surface area contributed by atoms with E-state index in [2.05, 4.69) is 4.72 Å². The number of hydrogen-bond acceptors (Lipinski definition) is 5. The smallest absolute Gasteiger partial charge is 0.250 e. The van der Waals surface area contributed by atoms with E-state index < -0.39 is 21.9 Å². The minimum absolute atomic E-state index is 0.0684. The second-order valence-corrected chi connectivity index (χ2v) is 10.1. The Balaban J connectivity index is 1.70. The number of hydrogen-bond donors (Lipinski definition) is 1. The van der Waals surface area contributed by atoms with Gasteiger partial charge in [-0.05, 0) is 55.3 Å². The lowest BCUT2D eigenvalue weighted by Crippen LogP contribution is -2.27. The molecular formula is C20H23NO4S2. The zero-order valence-corrected chi connectivity index (χ0v) is 17.2.